The lowest BCUT2D eigenvalue weighted by Gasteiger charge is -2.36. The average Bonchev–Trinajstić information content (AvgIpc) is 2.85. The summed E-state index contributed by atoms with van der Waals surface area (Å²) in [6, 6.07) is 19.7. The molecule has 3 aromatic carbocycles. The van der Waals surface area contributed by atoms with Gasteiger partial charge in [-0.25, -0.2) is 4.39 Å². The van der Waals surface area contributed by atoms with E-state index in [0.29, 0.717) is 21.9 Å². The van der Waals surface area contributed by atoms with Gasteiger partial charge < -0.3 is 9.64 Å². The van der Waals surface area contributed by atoms with E-state index in [9.17, 15) is 9.18 Å². The van der Waals surface area contributed by atoms with Gasteiger partial charge in [0.1, 0.15) is 5.82 Å². The summed E-state index contributed by atoms with van der Waals surface area (Å²) < 4.78 is 22.3. The van der Waals surface area contributed by atoms with Gasteiger partial charge in [0.25, 0.3) is 5.56 Å². The van der Waals surface area contributed by atoms with Crippen molar-refractivity contribution in [1.82, 2.24) is 4.57 Å². The monoisotopic (exact) mass is 467 g/mol. The number of rotatable bonds is 3. The molecule has 5 nitrogen and oxygen atoms in total. The molecule has 0 saturated carbocycles. The number of fused-ring (bicyclic) bond motifs is 1. The molecule has 1 aliphatic heterocycles. The van der Waals surface area contributed by atoms with E-state index in [2.05, 4.69) is 18.7 Å². The van der Waals surface area contributed by atoms with Crippen LogP contribution in [0.2, 0.25) is 0 Å². The number of benzene rings is 3. The normalized spacial score (nSPS) is 18.0. The van der Waals surface area contributed by atoms with Crippen molar-refractivity contribution in [2.75, 3.05) is 18.0 Å². The zero-order valence-corrected chi connectivity index (χ0v) is 20.0. The molecule has 176 valence electrons. The van der Waals surface area contributed by atoms with Gasteiger partial charge in [0.05, 0.1) is 23.8 Å². The first-order valence-corrected chi connectivity index (χ1v) is 11.7. The highest BCUT2D eigenvalue weighted by atomic mass is 19.1. The number of aromatic nitrogens is 1. The van der Waals surface area contributed by atoms with E-state index in [1.54, 1.807) is 28.8 Å². The summed E-state index contributed by atoms with van der Waals surface area (Å²) in [6.07, 6.45) is 2.14. The van der Waals surface area contributed by atoms with Crippen molar-refractivity contribution in [1.29, 1.82) is 5.26 Å². The molecule has 0 amide bonds. The van der Waals surface area contributed by atoms with Gasteiger partial charge in [0.15, 0.2) is 0 Å². The van der Waals surface area contributed by atoms with E-state index in [-0.39, 0.29) is 23.3 Å². The zero-order valence-electron chi connectivity index (χ0n) is 20.0. The first-order valence-electron chi connectivity index (χ1n) is 11.7. The zero-order chi connectivity index (χ0) is 24.7. The molecule has 1 saturated heterocycles. The Kier molecular flexibility index (Phi) is 5.88. The lowest BCUT2D eigenvalue weighted by molar-refractivity contribution is -0.00521. The molecule has 1 aromatic heterocycles. The van der Waals surface area contributed by atoms with Gasteiger partial charge in [-0.3, -0.25) is 9.36 Å². The molecular formula is C29H26FN3O2. The lowest BCUT2D eigenvalue weighted by Crippen LogP contribution is -2.45. The fraction of sp³-hybridized carbons (Fsp3) is 0.241. The van der Waals surface area contributed by atoms with Gasteiger partial charge in [-0.2, -0.15) is 5.26 Å². The maximum atomic E-state index is 14.8. The Balaban J connectivity index is 1.57. The summed E-state index contributed by atoms with van der Waals surface area (Å²) in [4.78, 5) is 15.8. The largest absolute Gasteiger partial charge is 0.372 e. The van der Waals surface area contributed by atoms with Crippen LogP contribution < -0.4 is 10.5 Å². The summed E-state index contributed by atoms with van der Waals surface area (Å²) in [5.74, 6) is -0.484. The van der Waals surface area contributed by atoms with E-state index in [1.165, 1.54) is 6.07 Å². The van der Waals surface area contributed by atoms with Crippen molar-refractivity contribution in [3.8, 4) is 22.9 Å². The van der Waals surface area contributed by atoms with Crippen LogP contribution in [0.4, 0.5) is 10.1 Å². The second kappa shape index (κ2) is 9.01. The number of ether oxygens (including phenoxy) is 1. The SMILES string of the molecule is Cc1cn(-c2ccc(N3C[C@@H](C)O[C@@H](C)C3)cc2)c(=O)c2cccc(-c3ccc(C#N)cc3F)c12. The Labute approximate surface area is 203 Å². The highest BCUT2D eigenvalue weighted by Gasteiger charge is 2.22. The van der Waals surface area contributed by atoms with Crippen molar-refractivity contribution in [3.05, 3.63) is 94.2 Å². The summed E-state index contributed by atoms with van der Waals surface area (Å²) in [5.41, 5.74) is 3.83. The summed E-state index contributed by atoms with van der Waals surface area (Å²) in [5, 5.41) is 10.3. The van der Waals surface area contributed by atoms with Gasteiger partial charge in [0.2, 0.25) is 0 Å². The number of halogens is 1. The van der Waals surface area contributed by atoms with Crippen molar-refractivity contribution in [3.63, 3.8) is 0 Å². The number of hydrogen-bond acceptors (Lipinski definition) is 4. The summed E-state index contributed by atoms with van der Waals surface area (Å²) >= 11 is 0. The average molecular weight is 468 g/mol. The molecular weight excluding hydrogens is 441 g/mol. The highest BCUT2D eigenvalue weighted by Crippen LogP contribution is 2.32. The molecule has 0 spiro atoms. The first-order chi connectivity index (χ1) is 16.9. The maximum absolute atomic E-state index is 14.8. The van der Waals surface area contributed by atoms with Gasteiger partial charge >= 0.3 is 0 Å². The van der Waals surface area contributed by atoms with E-state index >= 15 is 0 Å². The Hall–Kier alpha value is -3.95. The number of pyridine rings is 1. The van der Waals surface area contributed by atoms with Crippen molar-refractivity contribution in [2.24, 2.45) is 0 Å². The first kappa shape index (κ1) is 22.8. The van der Waals surface area contributed by atoms with Crippen LogP contribution >= 0.6 is 0 Å². The Morgan fingerprint density at radius 3 is 2.31 bits per heavy atom. The fourth-order valence-electron chi connectivity index (χ4n) is 5.03. The van der Waals surface area contributed by atoms with E-state index in [0.717, 1.165) is 30.0 Å². The summed E-state index contributed by atoms with van der Waals surface area (Å²) in [7, 11) is 0. The van der Waals surface area contributed by atoms with Gasteiger partial charge in [-0.05, 0) is 79.7 Å². The van der Waals surface area contributed by atoms with Gasteiger partial charge in [-0.15, -0.1) is 0 Å². The Morgan fingerprint density at radius 2 is 1.66 bits per heavy atom. The van der Waals surface area contributed by atoms with Crippen LogP contribution in [0.1, 0.15) is 25.0 Å². The minimum absolute atomic E-state index is 0.164. The molecule has 4 aromatic rings. The number of morpholine rings is 1. The predicted molar refractivity (Wildman–Crippen MR) is 137 cm³/mol. The van der Waals surface area contributed by atoms with E-state index < -0.39 is 5.82 Å². The van der Waals surface area contributed by atoms with Crippen molar-refractivity contribution >= 4 is 16.5 Å². The van der Waals surface area contributed by atoms with Crippen LogP contribution in [-0.2, 0) is 4.74 Å². The molecule has 0 bridgehead atoms. The molecule has 5 rings (SSSR count). The van der Waals surface area contributed by atoms with E-state index in [4.69, 9.17) is 10.00 Å². The smallest absolute Gasteiger partial charge is 0.262 e. The molecule has 0 aliphatic carbocycles. The number of nitriles is 1. The number of anilines is 1. The minimum Gasteiger partial charge on any atom is -0.372 e. The number of nitrogens with zero attached hydrogens (tertiary/aromatic N) is 3. The van der Waals surface area contributed by atoms with Gasteiger partial charge in [-0.1, -0.05) is 18.2 Å². The van der Waals surface area contributed by atoms with Crippen LogP contribution in [0.25, 0.3) is 27.6 Å². The summed E-state index contributed by atoms with van der Waals surface area (Å²) in [6.45, 7) is 7.73. The molecule has 1 aliphatic rings. The highest BCUT2D eigenvalue weighted by molar-refractivity contribution is 5.98. The van der Waals surface area contributed by atoms with E-state index in [1.807, 2.05) is 49.5 Å². The molecule has 2 atom stereocenters. The van der Waals surface area contributed by atoms with Crippen LogP contribution in [0, 0.1) is 24.1 Å². The lowest BCUT2D eigenvalue weighted by atomic mass is 9.95. The Bertz CT molecular complexity index is 1510. The molecule has 0 unspecified atom stereocenters. The molecule has 0 N–H and O–H groups in total. The molecule has 1 fully saturated rings. The predicted octanol–water partition coefficient (Wildman–Crippen LogP) is 5.59. The van der Waals surface area contributed by atoms with Crippen molar-refractivity contribution in [2.45, 2.75) is 33.0 Å². The fourth-order valence-corrected chi connectivity index (χ4v) is 5.03. The maximum Gasteiger partial charge on any atom is 0.262 e. The van der Waals surface area contributed by atoms with Crippen LogP contribution in [0.5, 0.6) is 0 Å². The second-order valence-electron chi connectivity index (χ2n) is 9.20. The third kappa shape index (κ3) is 4.20. The van der Waals surface area contributed by atoms with Crippen LogP contribution in [0.3, 0.4) is 0 Å². The third-order valence-corrected chi connectivity index (χ3v) is 6.53. The second-order valence-corrected chi connectivity index (χ2v) is 9.20. The third-order valence-electron chi connectivity index (χ3n) is 6.53. The van der Waals surface area contributed by atoms with Crippen LogP contribution in [-0.4, -0.2) is 29.9 Å². The molecule has 2 heterocycles. The molecule has 35 heavy (non-hydrogen) atoms. The Morgan fingerprint density at radius 1 is 0.971 bits per heavy atom. The number of hydrogen-bond donors (Lipinski definition) is 0. The number of aryl methyl sites for hydroxylation is 1. The molecule has 6 heteroatoms. The standard InChI is InChI=1S/C29H26FN3O2/c1-18-15-33(23-10-8-22(9-11-23)32-16-19(2)35-20(3)17-32)29(34)26-6-4-5-25(28(18)26)24-12-7-21(14-31)13-27(24)30/h4-13,15,19-20H,16-17H2,1-3H3/t19-,20+. The quantitative estimate of drug-likeness (QED) is 0.394. The molecule has 0 radical (unpaired) electrons. The minimum atomic E-state index is -0.484. The van der Waals surface area contributed by atoms with Gasteiger partial charge in [0, 0.05) is 41.6 Å². The topological polar surface area (TPSA) is 58.3 Å². The van der Waals surface area contributed by atoms with Crippen molar-refractivity contribution < 1.29 is 9.13 Å². The van der Waals surface area contributed by atoms with Crippen LogP contribution in [0.15, 0.2) is 71.7 Å².